The fourth-order valence-corrected chi connectivity index (χ4v) is 13.6. The Bertz CT molecular complexity index is 2500. The molecule has 33 heteroatoms. The molecule has 0 spiro atoms. The molecule has 0 aromatic heterocycles. The number of aliphatic hydroxyl groups is 12. The normalized spacial score (nSPS) is 22.2. The maximum atomic E-state index is 14.0. The van der Waals surface area contributed by atoms with Crippen LogP contribution in [0, 0.1) is 0 Å². The number of allylic oxidation sites excluding steroid dienone is 7. The first kappa shape index (κ1) is 155. The predicted octanol–water partition coefficient (Wildman–Crippen LogP) is 9.22. The molecule has 102 heavy (non-hydrogen) atoms. The number of carbonyl (C=O) groups excluding carboxylic acids is 1. The summed E-state index contributed by atoms with van der Waals surface area (Å²) in [5, 5.41) is 119. The maximum absolute atomic E-state index is 14.0. The van der Waals surface area contributed by atoms with Crippen molar-refractivity contribution in [3.8, 4) is 0 Å². The molecule has 0 bridgehead atoms. The number of aliphatic hydroxyl groups excluding tert-OH is 11. The van der Waals surface area contributed by atoms with E-state index in [-0.39, 0.29) is 614 Å². The minimum absolute atomic E-state index is 0. The molecule has 2 aromatic rings. The van der Waals surface area contributed by atoms with E-state index in [2.05, 4.69) is 27.7 Å². The molecule has 5 aliphatic rings. The SMILES string of the molecule is CC=C1C[C@@H](O)C(=CCCC)[C@H](O)C1.CCCC=C1[C@H](O)CC(=CCO)C[C@H]1O.CCCC=C1[C@H](O)CC(=CCP(=O)(c2ccccc2)c2ccccc2)C[C@H]1O.CCCC=C1[C@H](O)CC(=O)C[C@H]1O.CCCC=C1[C@H](O)CC(C)(O)C[C@H]1O.[Y].[Y].[Y].[Y].[Y].[Y].[Y].[Y].[Y].[Y].[Y].[Y].[Y].[Y].[Y].[Y].[Y].[Y]. The van der Waals surface area contributed by atoms with Gasteiger partial charge in [0.15, 0.2) is 0 Å². The van der Waals surface area contributed by atoms with Crippen molar-refractivity contribution in [2.24, 2.45) is 0 Å². The first-order valence-electron chi connectivity index (χ1n) is 30.9. The van der Waals surface area contributed by atoms with E-state index < -0.39 is 73.8 Å². The minimum atomic E-state index is -2.82. The second kappa shape index (κ2) is 91.4. The van der Waals surface area contributed by atoms with Gasteiger partial charge in [-0.05, 0) is 112 Å². The zero-order chi connectivity index (χ0) is 62.4. The summed E-state index contributed by atoms with van der Waals surface area (Å²) in [5.41, 5.74) is 5.71. The van der Waals surface area contributed by atoms with E-state index in [1.54, 1.807) is 13.0 Å². The van der Waals surface area contributed by atoms with Crippen molar-refractivity contribution in [3.63, 3.8) is 0 Å². The number of rotatable bonds is 15. The van der Waals surface area contributed by atoms with Crippen LogP contribution in [-0.4, -0.2) is 146 Å². The van der Waals surface area contributed by atoms with Crippen LogP contribution in [0.3, 0.4) is 0 Å². The Hall–Kier alpha value is 15.7. The van der Waals surface area contributed by atoms with E-state index >= 15 is 0 Å². The second-order valence-corrected chi connectivity index (χ2v) is 26.0. The Morgan fingerprint density at radius 3 is 0.824 bits per heavy atom. The average molecular weight is 2790 g/mol. The predicted molar refractivity (Wildman–Crippen MR) is 338 cm³/mol. The number of ketones is 1. The summed E-state index contributed by atoms with van der Waals surface area (Å²) in [7, 11) is -2.82. The van der Waals surface area contributed by atoms with Crippen LogP contribution in [-0.2, 0) is 598 Å². The van der Waals surface area contributed by atoms with Crippen LogP contribution < -0.4 is 10.6 Å². The molecular formula is C69H105O14PY18. The summed E-state index contributed by atoms with van der Waals surface area (Å²) < 4.78 is 14.0. The molecule has 0 amide bonds. The number of hydrogen-bond donors (Lipinski definition) is 12. The molecule has 7 rings (SSSR count). The molecule has 0 aliphatic heterocycles. The Labute approximate surface area is 1070 Å². The molecule has 2 aromatic carbocycles. The Balaban J connectivity index is -0.0000000640. The summed E-state index contributed by atoms with van der Waals surface area (Å²) in [6, 6.07) is 19.2. The van der Waals surface area contributed by atoms with Crippen LogP contribution in [0.5, 0.6) is 0 Å². The standard InChI is InChI=1S/C24H29O3P.C12H20O3.C12H20O2.C11H20O3.C10H16O3.18Y/c1-2-3-14-22-23(25)17-19(18-24(22)26)15-16-28(27,20-10-6-4-7-11-20)21-12-8-5-9-13-21;1-2-3-4-10-11(14)7-9(5-6-13)8-12(10)15;1-3-5-6-10-11(13)7-9(4-2)8-12(10)14;1-3-4-5-8-9(12)6-11(2,14)7-10(8)13;1-2-3-4-8-9(12)5-7(11)6-10(8)13;;;;;;;;;;;;;;;;;;/h4-15,23-26H,2-3,16-18H2,1H3;4-5,11-15H,2-3,6-8H2,1H3;4,6,11-14H,3,5,7-8H2,1-2H3;5,9-10,12-14H,3-4,6-7H2,1-2H3;4,9-10,12-13H,2-3,5-6H2,1H3;;;;;;;;;;;;;;;;;;/t23-,24-;2*11-,12-;9-,10-,11?;9-,10-;;;;;;;;;;;;;;;;;;/m11111................../s1. The van der Waals surface area contributed by atoms with Crippen LogP contribution in [0.4, 0.5) is 0 Å². The van der Waals surface area contributed by atoms with Crippen molar-refractivity contribution < 1.29 is 659 Å². The molecular weight excluding hydrogens is 2680 g/mol. The van der Waals surface area contributed by atoms with E-state index in [0.29, 0.717) is 68.7 Å². The van der Waals surface area contributed by atoms with Gasteiger partial charge in [0.25, 0.3) is 0 Å². The Morgan fingerprint density at radius 1 is 0.363 bits per heavy atom. The Kier molecular flexibility index (Phi) is 139. The van der Waals surface area contributed by atoms with Crippen molar-refractivity contribution in [3.05, 3.63) is 154 Å². The van der Waals surface area contributed by atoms with Gasteiger partial charge < -0.3 is 65.8 Å². The van der Waals surface area contributed by atoms with E-state index in [1.807, 2.05) is 117 Å². The monoisotopic (exact) mass is 2790 g/mol. The van der Waals surface area contributed by atoms with E-state index in [4.69, 9.17) is 5.11 Å². The largest absolute Gasteiger partial charge is 0.392 e. The molecule has 14 nitrogen and oxygen atoms in total. The topological polar surface area (TPSA) is 277 Å². The third-order valence-electron chi connectivity index (χ3n) is 15.8. The molecule has 18 radical (unpaired) electrons. The summed E-state index contributed by atoms with van der Waals surface area (Å²) in [4.78, 5) is 11.0. The zero-order valence-corrected chi connectivity index (χ0v) is 114. The summed E-state index contributed by atoms with van der Waals surface area (Å²) in [6.45, 7) is 13.9. The van der Waals surface area contributed by atoms with Gasteiger partial charge in [0.1, 0.15) is 12.9 Å². The summed E-state index contributed by atoms with van der Waals surface area (Å²) >= 11 is 0. The first-order chi connectivity index (χ1) is 40.0. The molecule has 0 unspecified atom stereocenters. The average Bonchev–Trinajstić information content (AvgIpc) is 0.803. The first-order valence-corrected chi connectivity index (χ1v) is 32.8. The van der Waals surface area contributed by atoms with Crippen molar-refractivity contribution in [2.75, 3.05) is 12.8 Å². The smallest absolute Gasteiger partial charge is 0.146 e. The van der Waals surface area contributed by atoms with Gasteiger partial charge in [0.05, 0.1) is 73.2 Å². The zero-order valence-electron chi connectivity index (χ0n) is 61.7. The van der Waals surface area contributed by atoms with Gasteiger partial charge in [-0.15, -0.1) is 0 Å². The van der Waals surface area contributed by atoms with Crippen LogP contribution in [0.15, 0.2) is 154 Å². The van der Waals surface area contributed by atoms with Crippen LogP contribution in [0.2, 0.25) is 0 Å². The molecule has 524 valence electrons. The van der Waals surface area contributed by atoms with Gasteiger partial charge in [-0.2, -0.15) is 0 Å². The molecule has 0 heterocycles. The van der Waals surface area contributed by atoms with Gasteiger partial charge >= 0.3 is 0 Å². The van der Waals surface area contributed by atoms with Gasteiger partial charge in [-0.3, -0.25) is 4.79 Å². The van der Waals surface area contributed by atoms with Crippen molar-refractivity contribution >= 4 is 23.5 Å². The summed E-state index contributed by atoms with van der Waals surface area (Å²) in [6.07, 6.45) is 23.1. The van der Waals surface area contributed by atoms with E-state index in [1.165, 1.54) is 0 Å². The number of benzene rings is 2. The molecule has 5 fully saturated rings. The molecule has 5 aliphatic carbocycles. The molecule has 12 N–H and O–H groups in total. The molecule has 10 atom stereocenters. The minimum Gasteiger partial charge on any atom is -0.392 e. The third-order valence-corrected chi connectivity index (χ3v) is 18.8. The fraction of sp³-hybridized carbons (Fsp3) is 0.580. The molecule has 0 saturated heterocycles. The van der Waals surface area contributed by atoms with E-state index in [9.17, 15) is 65.5 Å². The van der Waals surface area contributed by atoms with Gasteiger partial charge in [0.2, 0.25) is 0 Å². The van der Waals surface area contributed by atoms with Gasteiger partial charge in [-0.1, -0.05) is 193 Å². The van der Waals surface area contributed by atoms with Crippen LogP contribution in [0.1, 0.15) is 177 Å². The van der Waals surface area contributed by atoms with Crippen molar-refractivity contribution in [2.45, 2.75) is 244 Å². The van der Waals surface area contributed by atoms with Crippen LogP contribution in [0.25, 0.3) is 0 Å². The maximum Gasteiger partial charge on any atom is 0.146 e. The quantitative estimate of drug-likeness (QED) is 0.0585. The number of carbonyl (C=O) groups is 1. The third kappa shape index (κ3) is 61.9. The van der Waals surface area contributed by atoms with E-state index in [0.717, 1.165) is 108 Å². The number of hydrogen-bond acceptors (Lipinski definition) is 14. The Morgan fingerprint density at radius 2 is 0.588 bits per heavy atom. The van der Waals surface area contributed by atoms with Crippen LogP contribution >= 0.6 is 7.14 Å². The van der Waals surface area contributed by atoms with Gasteiger partial charge in [0, 0.05) is 631 Å². The summed E-state index contributed by atoms with van der Waals surface area (Å²) in [5.74, 6) is -0.0614. The fourth-order valence-electron chi connectivity index (χ4n) is 11.0. The number of Topliss-reactive ketones (excluding diaryl/α,β-unsaturated/α-hetero) is 1. The molecule has 5 saturated carbocycles. The van der Waals surface area contributed by atoms with Gasteiger partial charge in [-0.25, -0.2) is 0 Å². The second-order valence-electron chi connectivity index (χ2n) is 23.1. The van der Waals surface area contributed by atoms with Crippen molar-refractivity contribution in [1.29, 1.82) is 0 Å². The number of unbranched alkanes of at least 4 members (excludes halogenated alkanes) is 5. The van der Waals surface area contributed by atoms with Crippen molar-refractivity contribution in [1.82, 2.24) is 0 Å².